The molecule has 3 amide bonds. The highest BCUT2D eigenvalue weighted by molar-refractivity contribution is 7.88. The van der Waals surface area contributed by atoms with E-state index in [-0.39, 0.29) is 19.5 Å². The number of aliphatic hydroxyl groups is 1. The van der Waals surface area contributed by atoms with Crippen molar-refractivity contribution >= 4 is 28.2 Å². The van der Waals surface area contributed by atoms with Crippen molar-refractivity contribution in [2.45, 2.75) is 83.8 Å². The first-order valence-electron chi connectivity index (χ1n) is 14.7. The number of hydrogen-bond acceptors (Lipinski definition) is 10. The second-order valence-electron chi connectivity index (χ2n) is 12.9. The fraction of sp³-hybridized carbons (Fsp3) is 0.516. The van der Waals surface area contributed by atoms with Crippen molar-refractivity contribution in [2.75, 3.05) is 13.7 Å². The van der Waals surface area contributed by atoms with Crippen LogP contribution in [0.1, 0.15) is 52.7 Å². The molecule has 0 heterocycles. The number of carbonyl (C=O) groups excluding carboxylic acids is 3. The number of carbonyl (C=O) groups is 3. The molecule has 0 saturated carbocycles. The van der Waals surface area contributed by atoms with Gasteiger partial charge in [-0.3, -0.25) is 10.2 Å². The highest BCUT2D eigenvalue weighted by Crippen LogP contribution is 2.27. The van der Waals surface area contributed by atoms with Gasteiger partial charge in [0, 0.05) is 13.1 Å². The number of hydrogen-bond donors (Lipinski definition) is 4. The van der Waals surface area contributed by atoms with E-state index in [1.165, 1.54) is 17.1 Å². The van der Waals surface area contributed by atoms with Gasteiger partial charge in [-0.2, -0.15) is 21.6 Å². The number of amides is 3. The van der Waals surface area contributed by atoms with Gasteiger partial charge in [-0.25, -0.2) is 14.6 Å². The molecule has 0 aliphatic rings. The molecule has 48 heavy (non-hydrogen) atoms. The van der Waals surface area contributed by atoms with E-state index < -0.39 is 68.7 Å². The Hall–Kier alpha value is -4.09. The summed E-state index contributed by atoms with van der Waals surface area (Å²) in [5.41, 5.74) is -3.42. The summed E-state index contributed by atoms with van der Waals surface area (Å²) >= 11 is 0. The van der Waals surface area contributed by atoms with Crippen molar-refractivity contribution in [3.63, 3.8) is 0 Å². The van der Waals surface area contributed by atoms with Crippen molar-refractivity contribution < 1.29 is 54.7 Å². The Morgan fingerprint density at radius 2 is 1.46 bits per heavy atom. The molecule has 2 rings (SSSR count). The predicted molar refractivity (Wildman–Crippen MR) is 169 cm³/mol. The number of halogens is 3. The van der Waals surface area contributed by atoms with Crippen LogP contribution in [0.3, 0.4) is 0 Å². The first-order valence-corrected chi connectivity index (χ1v) is 16.1. The first-order chi connectivity index (χ1) is 22.0. The number of alkyl carbamates (subject to hydrolysis) is 2. The molecular formula is C31H43F3N4O9S. The van der Waals surface area contributed by atoms with Gasteiger partial charge in [0.2, 0.25) is 0 Å². The van der Waals surface area contributed by atoms with Crippen LogP contribution in [0.5, 0.6) is 5.75 Å². The topological polar surface area (TPSA) is 173 Å². The number of nitrogens with zero attached hydrogens (tertiary/aromatic N) is 1. The Morgan fingerprint density at radius 1 is 0.875 bits per heavy atom. The molecule has 0 aliphatic heterocycles. The van der Waals surface area contributed by atoms with Crippen molar-refractivity contribution in [1.29, 1.82) is 0 Å². The van der Waals surface area contributed by atoms with Crippen LogP contribution in [-0.4, -0.2) is 79.6 Å². The lowest BCUT2D eigenvalue weighted by Gasteiger charge is -2.34. The third-order valence-corrected chi connectivity index (χ3v) is 7.48. The second kappa shape index (κ2) is 16.3. The van der Waals surface area contributed by atoms with Crippen LogP contribution >= 0.6 is 0 Å². The van der Waals surface area contributed by atoms with Crippen LogP contribution in [-0.2, 0) is 37.4 Å². The molecule has 2 aromatic rings. The van der Waals surface area contributed by atoms with Crippen LogP contribution in [0, 0.1) is 5.41 Å². The molecule has 0 aliphatic carbocycles. The molecule has 13 nitrogen and oxygen atoms in total. The van der Waals surface area contributed by atoms with Crippen LogP contribution in [0.15, 0.2) is 54.6 Å². The molecule has 268 valence electrons. The lowest BCUT2D eigenvalue weighted by atomic mass is 9.86. The number of rotatable bonds is 13. The van der Waals surface area contributed by atoms with Gasteiger partial charge in [0.15, 0.2) is 0 Å². The van der Waals surface area contributed by atoms with E-state index in [1.807, 2.05) is 0 Å². The maximum atomic E-state index is 13.5. The van der Waals surface area contributed by atoms with Crippen molar-refractivity contribution in [1.82, 2.24) is 21.1 Å². The number of nitrogens with one attached hydrogen (secondary N) is 3. The Balaban J connectivity index is 2.38. The van der Waals surface area contributed by atoms with E-state index in [0.29, 0.717) is 5.56 Å². The van der Waals surface area contributed by atoms with Gasteiger partial charge < -0.3 is 29.4 Å². The van der Waals surface area contributed by atoms with Gasteiger partial charge in [0.25, 0.3) is 5.91 Å². The second-order valence-corrected chi connectivity index (χ2v) is 14.5. The summed E-state index contributed by atoms with van der Waals surface area (Å²) in [5.74, 6) is -1.21. The summed E-state index contributed by atoms with van der Waals surface area (Å²) in [6.07, 6.45) is -3.20. The summed E-state index contributed by atoms with van der Waals surface area (Å²) in [6.45, 7) is 9.95. The van der Waals surface area contributed by atoms with Gasteiger partial charge in [0.1, 0.15) is 17.4 Å². The van der Waals surface area contributed by atoms with E-state index >= 15 is 0 Å². The van der Waals surface area contributed by atoms with Crippen LogP contribution in [0.25, 0.3) is 0 Å². The molecular weight excluding hydrogens is 661 g/mol. The predicted octanol–water partition coefficient (Wildman–Crippen LogP) is 4.02. The van der Waals surface area contributed by atoms with Crippen LogP contribution in [0.4, 0.5) is 22.8 Å². The van der Waals surface area contributed by atoms with Gasteiger partial charge in [-0.15, -0.1) is 0 Å². The lowest BCUT2D eigenvalue weighted by Crippen LogP contribution is -2.59. The minimum Gasteiger partial charge on any atom is -0.453 e. The summed E-state index contributed by atoms with van der Waals surface area (Å²) < 4.78 is 75.2. The third-order valence-electron chi connectivity index (χ3n) is 6.50. The normalized spacial score (nSPS) is 14.3. The van der Waals surface area contributed by atoms with E-state index in [9.17, 15) is 41.1 Å². The number of hydrazine groups is 1. The quantitative estimate of drug-likeness (QED) is 0.136. The number of ether oxygens (including phenoxy) is 2. The lowest BCUT2D eigenvalue weighted by molar-refractivity contribution is -0.131. The Bertz CT molecular complexity index is 1480. The number of alkyl halides is 3. The molecule has 4 N–H and O–H groups in total. The highest BCUT2D eigenvalue weighted by atomic mass is 32.2. The van der Waals surface area contributed by atoms with Crippen molar-refractivity contribution in [3.8, 4) is 5.75 Å². The average molecular weight is 705 g/mol. The molecule has 0 fully saturated rings. The zero-order valence-electron chi connectivity index (χ0n) is 27.8. The Labute approximate surface area is 278 Å². The molecule has 0 radical (unpaired) electrons. The van der Waals surface area contributed by atoms with Crippen LogP contribution < -0.4 is 20.2 Å². The van der Waals surface area contributed by atoms with E-state index in [0.717, 1.165) is 24.8 Å². The SMILES string of the molecule is COC(=O)N[C@H](C(=O)NN(Cc1ccccc1)C[C@H](O)[C@H](Cc1ccc(OS(=O)(=O)C(F)(F)F)cc1)NC(=O)OC(C)(C)C)C(C)(C)C. The minimum absolute atomic E-state index is 0.0948. The maximum Gasteiger partial charge on any atom is 0.534 e. The molecule has 0 unspecified atom stereocenters. The zero-order valence-corrected chi connectivity index (χ0v) is 28.6. The Morgan fingerprint density at radius 3 is 1.96 bits per heavy atom. The number of aliphatic hydroxyl groups excluding tert-OH is 1. The van der Waals surface area contributed by atoms with E-state index in [4.69, 9.17) is 4.74 Å². The standard InChI is InChI=1S/C31H43F3N4O9S/c1-29(2,3)25(36-27(41)45-7)26(40)37-38(18-21-11-9-8-10-12-21)19-24(39)23(35-28(42)46-30(4,5)6)17-20-13-15-22(16-14-20)47-48(43,44)31(32,33)34/h8-16,23-25,39H,17-19H2,1-7H3,(H,35,42)(H,36,41)(H,37,40)/t23-,24-,25+/m0/s1. The summed E-state index contributed by atoms with van der Waals surface area (Å²) in [4.78, 5) is 38.3. The van der Waals surface area contributed by atoms with E-state index in [1.54, 1.807) is 71.9 Å². The van der Waals surface area contributed by atoms with Gasteiger partial charge in [0.05, 0.1) is 19.3 Å². The number of methoxy groups -OCH3 is 1. The van der Waals surface area contributed by atoms with Gasteiger partial charge in [-0.1, -0.05) is 63.2 Å². The molecule has 0 spiro atoms. The summed E-state index contributed by atoms with van der Waals surface area (Å²) in [7, 11) is -4.73. The smallest absolute Gasteiger partial charge is 0.453 e. The third kappa shape index (κ3) is 13.2. The minimum atomic E-state index is -5.89. The van der Waals surface area contributed by atoms with Crippen LogP contribution in [0.2, 0.25) is 0 Å². The van der Waals surface area contributed by atoms with Crippen molar-refractivity contribution in [3.05, 3.63) is 65.7 Å². The monoisotopic (exact) mass is 704 g/mol. The zero-order chi connectivity index (χ0) is 36.5. The van der Waals surface area contributed by atoms with Crippen molar-refractivity contribution in [2.24, 2.45) is 5.41 Å². The fourth-order valence-electron chi connectivity index (χ4n) is 4.23. The molecule has 0 saturated heterocycles. The Kier molecular flexibility index (Phi) is 13.6. The molecule has 17 heteroatoms. The fourth-order valence-corrected chi connectivity index (χ4v) is 4.69. The molecule has 2 aromatic carbocycles. The average Bonchev–Trinajstić information content (AvgIpc) is 2.94. The summed E-state index contributed by atoms with van der Waals surface area (Å²) in [5, 5.41) is 18.0. The van der Waals surface area contributed by atoms with Gasteiger partial charge in [-0.05, 0) is 55.9 Å². The molecule has 3 atom stereocenters. The summed E-state index contributed by atoms with van der Waals surface area (Å²) in [6, 6.07) is 11.3. The largest absolute Gasteiger partial charge is 0.534 e. The first kappa shape index (κ1) is 40.1. The molecule has 0 bridgehead atoms. The maximum absolute atomic E-state index is 13.5. The number of benzene rings is 2. The van der Waals surface area contributed by atoms with E-state index in [2.05, 4.69) is 25.0 Å². The van der Waals surface area contributed by atoms with Gasteiger partial charge >= 0.3 is 27.8 Å². The highest BCUT2D eigenvalue weighted by Gasteiger charge is 2.48. The molecule has 0 aromatic heterocycles.